The number of likely N-dealkylation sites (tertiary alicyclic amines) is 1. The number of piperidine rings is 1. The SMILES string of the molecule is CCC(CC)C(=O)N1CCC(NC(=O)c2ccc(=O)n(-c3ccccc3)n2)CC1. The standard InChI is InChI=1S/C22H28N4O3/c1-3-16(4-2)22(29)25-14-12-17(13-15-25)23-21(28)19-10-11-20(27)26(24-19)18-8-6-5-7-9-18/h5-11,16-17H,3-4,12-15H2,1-2H3,(H,23,28). The Balaban J connectivity index is 1.62. The Kier molecular flexibility index (Phi) is 6.80. The second-order valence-electron chi connectivity index (χ2n) is 7.39. The zero-order valence-corrected chi connectivity index (χ0v) is 17.0. The molecule has 1 aliphatic rings. The van der Waals surface area contributed by atoms with Gasteiger partial charge in [-0.3, -0.25) is 14.4 Å². The van der Waals surface area contributed by atoms with Crippen molar-refractivity contribution in [1.29, 1.82) is 0 Å². The van der Waals surface area contributed by atoms with Crippen molar-refractivity contribution in [2.24, 2.45) is 5.92 Å². The zero-order valence-electron chi connectivity index (χ0n) is 17.0. The first-order chi connectivity index (χ1) is 14.0. The van der Waals surface area contributed by atoms with Gasteiger partial charge in [-0.15, -0.1) is 0 Å². The number of rotatable bonds is 6. The van der Waals surface area contributed by atoms with Gasteiger partial charge < -0.3 is 10.2 Å². The number of carbonyl (C=O) groups excluding carboxylic acids is 2. The van der Waals surface area contributed by atoms with E-state index in [1.165, 1.54) is 16.8 Å². The van der Waals surface area contributed by atoms with Crippen molar-refractivity contribution >= 4 is 11.8 Å². The van der Waals surface area contributed by atoms with E-state index in [9.17, 15) is 14.4 Å². The molecule has 29 heavy (non-hydrogen) atoms. The summed E-state index contributed by atoms with van der Waals surface area (Å²) in [6, 6.07) is 11.8. The summed E-state index contributed by atoms with van der Waals surface area (Å²) in [5.74, 6) is 0.000195. The Morgan fingerprint density at radius 3 is 2.34 bits per heavy atom. The second kappa shape index (κ2) is 9.49. The molecular weight excluding hydrogens is 368 g/mol. The monoisotopic (exact) mass is 396 g/mol. The number of para-hydroxylation sites is 1. The summed E-state index contributed by atoms with van der Waals surface area (Å²) in [6.45, 7) is 5.39. The average Bonchev–Trinajstić information content (AvgIpc) is 2.76. The average molecular weight is 396 g/mol. The van der Waals surface area contributed by atoms with E-state index in [4.69, 9.17) is 0 Å². The Morgan fingerprint density at radius 2 is 1.72 bits per heavy atom. The highest BCUT2D eigenvalue weighted by Crippen LogP contribution is 2.17. The Bertz CT molecular complexity index is 898. The van der Waals surface area contributed by atoms with Gasteiger partial charge in [0.15, 0.2) is 0 Å². The maximum absolute atomic E-state index is 12.7. The normalized spacial score (nSPS) is 14.8. The number of amides is 2. The number of hydrogen-bond acceptors (Lipinski definition) is 4. The van der Waals surface area contributed by atoms with Crippen molar-refractivity contribution in [3.8, 4) is 5.69 Å². The predicted octanol–water partition coefficient (Wildman–Crippen LogP) is 2.39. The van der Waals surface area contributed by atoms with E-state index >= 15 is 0 Å². The fourth-order valence-corrected chi connectivity index (χ4v) is 3.69. The lowest BCUT2D eigenvalue weighted by Gasteiger charge is -2.34. The van der Waals surface area contributed by atoms with Crippen LogP contribution in [0.2, 0.25) is 0 Å². The minimum Gasteiger partial charge on any atom is -0.348 e. The summed E-state index contributed by atoms with van der Waals surface area (Å²) in [5.41, 5.74) is 0.519. The van der Waals surface area contributed by atoms with E-state index in [0.29, 0.717) is 18.8 Å². The van der Waals surface area contributed by atoms with Crippen LogP contribution in [0.4, 0.5) is 0 Å². The first-order valence-corrected chi connectivity index (χ1v) is 10.3. The zero-order chi connectivity index (χ0) is 20.8. The molecule has 154 valence electrons. The summed E-state index contributed by atoms with van der Waals surface area (Å²) in [4.78, 5) is 39.2. The van der Waals surface area contributed by atoms with Crippen LogP contribution < -0.4 is 10.9 Å². The molecule has 0 radical (unpaired) electrons. The minimum absolute atomic E-state index is 0.00726. The molecule has 7 heteroatoms. The van der Waals surface area contributed by atoms with Gasteiger partial charge in [0, 0.05) is 31.1 Å². The van der Waals surface area contributed by atoms with E-state index < -0.39 is 0 Å². The van der Waals surface area contributed by atoms with Crippen molar-refractivity contribution in [1.82, 2.24) is 20.0 Å². The molecule has 2 amide bonds. The summed E-state index contributed by atoms with van der Waals surface area (Å²) in [5, 5.41) is 7.22. The molecule has 0 spiro atoms. The third-order valence-electron chi connectivity index (χ3n) is 5.51. The fourth-order valence-electron chi connectivity index (χ4n) is 3.69. The molecule has 0 atom stereocenters. The summed E-state index contributed by atoms with van der Waals surface area (Å²) in [7, 11) is 0. The largest absolute Gasteiger partial charge is 0.348 e. The fraction of sp³-hybridized carbons (Fsp3) is 0.455. The molecule has 1 aromatic heterocycles. The van der Waals surface area contributed by atoms with E-state index in [1.54, 1.807) is 12.1 Å². The van der Waals surface area contributed by atoms with Crippen LogP contribution in [0.25, 0.3) is 5.69 Å². The molecule has 3 rings (SSSR count). The van der Waals surface area contributed by atoms with Gasteiger partial charge in [0.05, 0.1) is 5.69 Å². The van der Waals surface area contributed by atoms with E-state index in [-0.39, 0.29) is 35.0 Å². The molecule has 7 nitrogen and oxygen atoms in total. The third-order valence-corrected chi connectivity index (χ3v) is 5.51. The molecule has 1 N–H and O–H groups in total. The maximum atomic E-state index is 12.7. The number of aromatic nitrogens is 2. The van der Waals surface area contributed by atoms with Crippen LogP contribution in [0.3, 0.4) is 0 Å². The van der Waals surface area contributed by atoms with Crippen LogP contribution in [0.1, 0.15) is 50.0 Å². The summed E-state index contributed by atoms with van der Waals surface area (Å²) < 4.78 is 1.23. The third kappa shape index (κ3) is 4.91. The number of benzene rings is 1. The number of nitrogens with zero attached hydrogens (tertiary/aromatic N) is 3. The van der Waals surface area contributed by atoms with Crippen LogP contribution >= 0.6 is 0 Å². The van der Waals surface area contributed by atoms with Gasteiger partial charge in [-0.2, -0.15) is 9.78 Å². The van der Waals surface area contributed by atoms with E-state index in [2.05, 4.69) is 10.4 Å². The van der Waals surface area contributed by atoms with Crippen molar-refractivity contribution in [2.75, 3.05) is 13.1 Å². The van der Waals surface area contributed by atoms with Gasteiger partial charge in [-0.1, -0.05) is 32.0 Å². The summed E-state index contributed by atoms with van der Waals surface area (Å²) in [6.07, 6.45) is 3.15. The lowest BCUT2D eigenvalue weighted by atomic mass is 9.98. The van der Waals surface area contributed by atoms with Gasteiger partial charge in [0.2, 0.25) is 5.91 Å². The van der Waals surface area contributed by atoms with Crippen LogP contribution in [0.5, 0.6) is 0 Å². The van der Waals surface area contributed by atoms with Crippen molar-refractivity contribution < 1.29 is 9.59 Å². The highest BCUT2D eigenvalue weighted by Gasteiger charge is 2.27. The Hall–Kier alpha value is -2.96. The van der Waals surface area contributed by atoms with Crippen LogP contribution in [0.15, 0.2) is 47.3 Å². The molecule has 0 bridgehead atoms. The topological polar surface area (TPSA) is 84.3 Å². The quantitative estimate of drug-likeness (QED) is 0.813. The van der Waals surface area contributed by atoms with Crippen molar-refractivity contribution in [3.05, 3.63) is 58.5 Å². The molecule has 0 unspecified atom stereocenters. The first-order valence-electron chi connectivity index (χ1n) is 10.3. The van der Waals surface area contributed by atoms with Gasteiger partial charge in [0.1, 0.15) is 5.69 Å². The van der Waals surface area contributed by atoms with Gasteiger partial charge in [-0.25, -0.2) is 0 Å². The van der Waals surface area contributed by atoms with Gasteiger partial charge >= 0.3 is 0 Å². The Morgan fingerprint density at radius 1 is 1.07 bits per heavy atom. The molecular formula is C22H28N4O3. The molecule has 2 heterocycles. The van der Waals surface area contributed by atoms with Crippen LogP contribution in [0, 0.1) is 5.92 Å². The lowest BCUT2D eigenvalue weighted by molar-refractivity contribution is -0.136. The number of hydrogen-bond donors (Lipinski definition) is 1. The van der Waals surface area contributed by atoms with E-state index in [0.717, 1.165) is 25.7 Å². The summed E-state index contributed by atoms with van der Waals surface area (Å²) >= 11 is 0. The number of carbonyl (C=O) groups is 2. The highest BCUT2D eigenvalue weighted by molar-refractivity contribution is 5.92. The first kappa shape index (κ1) is 20.8. The molecule has 0 saturated carbocycles. The highest BCUT2D eigenvalue weighted by atomic mass is 16.2. The molecule has 1 fully saturated rings. The maximum Gasteiger partial charge on any atom is 0.271 e. The van der Waals surface area contributed by atoms with Gasteiger partial charge in [-0.05, 0) is 43.9 Å². The molecule has 1 aromatic carbocycles. The van der Waals surface area contributed by atoms with Crippen LogP contribution in [-0.2, 0) is 4.79 Å². The second-order valence-corrected chi connectivity index (χ2v) is 7.39. The smallest absolute Gasteiger partial charge is 0.271 e. The molecule has 1 saturated heterocycles. The molecule has 1 aliphatic heterocycles. The van der Waals surface area contributed by atoms with Crippen LogP contribution in [-0.4, -0.2) is 45.6 Å². The lowest BCUT2D eigenvalue weighted by Crippen LogP contribution is -2.48. The molecule has 0 aliphatic carbocycles. The minimum atomic E-state index is -0.306. The van der Waals surface area contributed by atoms with Gasteiger partial charge in [0.25, 0.3) is 11.5 Å². The van der Waals surface area contributed by atoms with Crippen molar-refractivity contribution in [3.63, 3.8) is 0 Å². The predicted molar refractivity (Wildman–Crippen MR) is 111 cm³/mol. The van der Waals surface area contributed by atoms with E-state index in [1.807, 2.05) is 36.9 Å². The number of nitrogens with one attached hydrogen (secondary N) is 1. The van der Waals surface area contributed by atoms with Crippen molar-refractivity contribution in [2.45, 2.75) is 45.6 Å². The Labute approximate surface area is 170 Å². The molecule has 2 aromatic rings.